The number of hydrogen-bond donors (Lipinski definition) is 0. The van der Waals surface area contributed by atoms with Crippen LogP contribution in [0.25, 0.3) is 11.1 Å². The topological polar surface area (TPSA) is 61.2 Å². The molecule has 0 amide bonds. The third kappa shape index (κ3) is 3.61. The average molecular weight is 425 g/mol. The Morgan fingerprint density at radius 1 is 1.03 bits per heavy atom. The second-order valence-electron chi connectivity index (χ2n) is 6.73. The van der Waals surface area contributed by atoms with E-state index in [-0.39, 0.29) is 10.5 Å². The summed E-state index contributed by atoms with van der Waals surface area (Å²) in [6.45, 7) is 2.27. The largest absolute Gasteiger partial charge is 0.264 e. The van der Waals surface area contributed by atoms with E-state index in [1.54, 1.807) is 48.2 Å². The zero-order chi connectivity index (χ0) is 20.6. The summed E-state index contributed by atoms with van der Waals surface area (Å²) in [6, 6.07) is 18.5. The van der Waals surface area contributed by atoms with Gasteiger partial charge in [0, 0.05) is 17.2 Å². The van der Waals surface area contributed by atoms with Crippen LogP contribution in [-0.4, -0.2) is 20.7 Å². The van der Waals surface area contributed by atoms with Crippen LogP contribution in [0.5, 0.6) is 0 Å². The molecule has 0 N–H and O–H groups in total. The summed E-state index contributed by atoms with van der Waals surface area (Å²) in [4.78, 5) is 1.11. The summed E-state index contributed by atoms with van der Waals surface area (Å²) in [6.07, 6.45) is 0. The number of rotatable bonds is 3. The third-order valence-corrected chi connectivity index (χ3v) is 7.68. The van der Waals surface area contributed by atoms with E-state index in [0.717, 1.165) is 10.5 Å². The van der Waals surface area contributed by atoms with Gasteiger partial charge in [-0.2, -0.15) is 5.26 Å². The highest BCUT2D eigenvalue weighted by Crippen LogP contribution is 2.40. The molecule has 0 radical (unpaired) electrons. The van der Waals surface area contributed by atoms with E-state index in [0.29, 0.717) is 29.1 Å². The van der Waals surface area contributed by atoms with Crippen LogP contribution in [0, 0.1) is 24.1 Å². The molecule has 0 unspecified atom stereocenters. The number of nitriles is 1. The van der Waals surface area contributed by atoms with Crippen molar-refractivity contribution in [2.75, 3.05) is 16.6 Å². The van der Waals surface area contributed by atoms with Crippen LogP contribution in [0.3, 0.4) is 0 Å². The van der Waals surface area contributed by atoms with Crippen molar-refractivity contribution in [2.24, 2.45) is 0 Å². The lowest BCUT2D eigenvalue weighted by Gasteiger charge is -2.30. The van der Waals surface area contributed by atoms with Crippen molar-refractivity contribution in [1.82, 2.24) is 0 Å². The van der Waals surface area contributed by atoms with Crippen LogP contribution in [0.2, 0.25) is 0 Å². The fraction of sp³-hybridized carbons (Fsp3) is 0.136. The maximum Gasteiger partial charge on any atom is 0.264 e. The number of halogens is 1. The van der Waals surface area contributed by atoms with E-state index in [4.69, 9.17) is 5.26 Å². The van der Waals surface area contributed by atoms with Crippen molar-refractivity contribution < 1.29 is 12.8 Å². The van der Waals surface area contributed by atoms with Gasteiger partial charge in [-0.25, -0.2) is 12.8 Å². The van der Waals surface area contributed by atoms with Crippen LogP contribution in [0.1, 0.15) is 11.1 Å². The number of hydrogen-bond acceptors (Lipinski definition) is 4. The second kappa shape index (κ2) is 7.54. The zero-order valence-electron chi connectivity index (χ0n) is 15.6. The van der Waals surface area contributed by atoms with E-state index in [2.05, 4.69) is 0 Å². The maximum atomic E-state index is 14.1. The van der Waals surface area contributed by atoms with Gasteiger partial charge < -0.3 is 0 Å². The summed E-state index contributed by atoms with van der Waals surface area (Å²) in [5.74, 6) is 0.0596. The summed E-state index contributed by atoms with van der Waals surface area (Å²) in [5, 5.41) is 8.92. The molecule has 1 aliphatic heterocycles. The van der Waals surface area contributed by atoms with Gasteiger partial charge in [0.2, 0.25) is 0 Å². The van der Waals surface area contributed by atoms with E-state index in [1.165, 1.54) is 16.4 Å². The first-order valence-electron chi connectivity index (χ1n) is 8.96. The van der Waals surface area contributed by atoms with Crippen molar-refractivity contribution in [2.45, 2.75) is 16.7 Å². The summed E-state index contributed by atoms with van der Waals surface area (Å²) in [5.41, 5.74) is 2.84. The van der Waals surface area contributed by atoms with Gasteiger partial charge in [-0.1, -0.05) is 29.8 Å². The lowest BCUT2D eigenvalue weighted by atomic mass is 10.0. The highest BCUT2D eigenvalue weighted by Gasteiger charge is 2.29. The Kier molecular flexibility index (Phi) is 5.07. The van der Waals surface area contributed by atoms with Gasteiger partial charge in [-0.05, 0) is 54.4 Å². The fourth-order valence-electron chi connectivity index (χ4n) is 3.25. The Hall–Kier alpha value is -2.82. The summed E-state index contributed by atoms with van der Waals surface area (Å²) < 4.78 is 42.0. The predicted octanol–water partition coefficient (Wildman–Crippen LogP) is 4.97. The Morgan fingerprint density at radius 2 is 1.72 bits per heavy atom. The zero-order valence-corrected chi connectivity index (χ0v) is 17.2. The van der Waals surface area contributed by atoms with Gasteiger partial charge in [-0.3, -0.25) is 4.31 Å². The van der Waals surface area contributed by atoms with Crippen molar-refractivity contribution in [1.29, 1.82) is 5.26 Å². The molecule has 0 saturated heterocycles. The minimum absolute atomic E-state index is 0.0224. The van der Waals surface area contributed by atoms with E-state index in [9.17, 15) is 12.8 Å². The van der Waals surface area contributed by atoms with Gasteiger partial charge in [-0.15, -0.1) is 11.8 Å². The van der Waals surface area contributed by atoms with Gasteiger partial charge in [0.25, 0.3) is 10.0 Å². The first-order chi connectivity index (χ1) is 13.9. The van der Waals surface area contributed by atoms with E-state index >= 15 is 0 Å². The molecule has 0 fully saturated rings. The average Bonchev–Trinajstić information content (AvgIpc) is 2.73. The number of aryl methyl sites for hydroxylation is 1. The van der Waals surface area contributed by atoms with Crippen LogP contribution >= 0.6 is 11.8 Å². The molecule has 1 heterocycles. The monoisotopic (exact) mass is 424 g/mol. The van der Waals surface area contributed by atoms with Crippen molar-refractivity contribution in [3.8, 4) is 17.2 Å². The van der Waals surface area contributed by atoms with Crippen LogP contribution in [0.15, 0.2) is 70.5 Å². The van der Waals surface area contributed by atoms with Crippen molar-refractivity contribution in [3.63, 3.8) is 0 Å². The molecular formula is C22H17FN2O2S2. The highest BCUT2D eigenvalue weighted by molar-refractivity contribution is 8.00. The third-order valence-electron chi connectivity index (χ3n) is 4.81. The molecule has 0 aromatic heterocycles. The molecule has 1 aliphatic rings. The Morgan fingerprint density at radius 3 is 2.41 bits per heavy atom. The Labute approximate surface area is 173 Å². The number of benzene rings is 3. The molecular weight excluding hydrogens is 407 g/mol. The summed E-state index contributed by atoms with van der Waals surface area (Å²) in [7, 11) is -3.71. The SMILES string of the molecule is Cc1ccc(S(=O)(=O)N2CCSc3ccc(-c4ccc(C#N)c(F)c4)cc32)cc1. The summed E-state index contributed by atoms with van der Waals surface area (Å²) >= 11 is 1.60. The first kappa shape index (κ1) is 19.5. The molecule has 4 rings (SSSR count). The number of thioether (sulfide) groups is 1. The number of fused-ring (bicyclic) bond motifs is 1. The highest BCUT2D eigenvalue weighted by atomic mass is 32.2. The molecule has 0 aliphatic carbocycles. The lowest BCUT2D eigenvalue weighted by Crippen LogP contribution is -2.35. The minimum atomic E-state index is -3.71. The normalized spacial score (nSPS) is 13.6. The number of sulfonamides is 1. The lowest BCUT2D eigenvalue weighted by molar-refractivity contribution is 0.591. The van der Waals surface area contributed by atoms with Gasteiger partial charge >= 0.3 is 0 Å². The van der Waals surface area contributed by atoms with Crippen LogP contribution in [0.4, 0.5) is 10.1 Å². The van der Waals surface area contributed by atoms with Crippen molar-refractivity contribution >= 4 is 27.5 Å². The molecule has 0 saturated carbocycles. The molecule has 29 heavy (non-hydrogen) atoms. The first-order valence-corrected chi connectivity index (χ1v) is 11.4. The second-order valence-corrected chi connectivity index (χ2v) is 9.73. The van der Waals surface area contributed by atoms with Crippen LogP contribution < -0.4 is 4.31 Å². The Bertz CT molecular complexity index is 1230. The van der Waals surface area contributed by atoms with Gasteiger partial charge in [0.05, 0.1) is 16.1 Å². The molecule has 0 spiro atoms. The number of nitrogens with zero attached hydrogens (tertiary/aromatic N) is 2. The molecule has 3 aromatic carbocycles. The predicted molar refractivity (Wildman–Crippen MR) is 113 cm³/mol. The van der Waals surface area contributed by atoms with Crippen molar-refractivity contribution in [3.05, 3.63) is 77.6 Å². The number of anilines is 1. The molecule has 7 heteroatoms. The minimum Gasteiger partial charge on any atom is -0.264 e. The van der Waals surface area contributed by atoms with E-state index in [1.807, 2.05) is 25.1 Å². The maximum absolute atomic E-state index is 14.1. The fourth-order valence-corrected chi connectivity index (χ4v) is 5.87. The molecule has 0 atom stereocenters. The molecule has 3 aromatic rings. The Balaban J connectivity index is 1.79. The molecule has 4 nitrogen and oxygen atoms in total. The van der Waals surface area contributed by atoms with Gasteiger partial charge in [0.1, 0.15) is 11.9 Å². The van der Waals surface area contributed by atoms with Gasteiger partial charge in [0.15, 0.2) is 0 Å². The smallest absolute Gasteiger partial charge is 0.264 e. The standard InChI is InChI=1S/C22H17FN2O2S2/c1-15-2-7-19(8-3-15)29(26,27)25-10-11-28-22-9-6-17(13-21(22)25)16-4-5-18(14-24)20(23)12-16/h2-9,12-13H,10-11H2,1H3. The van der Waals surface area contributed by atoms with E-state index < -0.39 is 15.8 Å². The quantitative estimate of drug-likeness (QED) is 0.595. The van der Waals surface area contributed by atoms with Crippen LogP contribution in [-0.2, 0) is 10.0 Å². The molecule has 146 valence electrons. The molecule has 0 bridgehead atoms.